The molecule has 0 bridgehead atoms. The fourth-order valence-corrected chi connectivity index (χ4v) is 1.83. The quantitative estimate of drug-likeness (QED) is 0.541. The predicted molar refractivity (Wildman–Crippen MR) is 55.9 cm³/mol. The molecule has 1 N–H and O–H groups in total. The Morgan fingerprint density at radius 2 is 1.93 bits per heavy atom. The molecular formula is C9H17O4Si. The van der Waals surface area contributed by atoms with Crippen molar-refractivity contribution in [2.24, 2.45) is 0 Å². The first-order chi connectivity index (χ1) is 6.45. The molecule has 0 aliphatic heterocycles. The van der Waals surface area contributed by atoms with E-state index in [1.165, 1.54) is 0 Å². The maximum Gasteiger partial charge on any atom is 0.338 e. The van der Waals surface area contributed by atoms with Gasteiger partial charge in [-0.25, -0.2) is 4.79 Å². The van der Waals surface area contributed by atoms with Gasteiger partial charge < -0.3 is 14.0 Å². The van der Waals surface area contributed by atoms with Crippen LogP contribution >= 0.6 is 0 Å². The summed E-state index contributed by atoms with van der Waals surface area (Å²) in [4.78, 5) is 10.5. The molecule has 0 aliphatic rings. The molecule has 0 fully saturated rings. The molecule has 0 atom stereocenters. The van der Waals surface area contributed by atoms with Gasteiger partial charge in [-0.2, -0.15) is 0 Å². The predicted octanol–water partition coefficient (Wildman–Crippen LogP) is 1.52. The van der Waals surface area contributed by atoms with E-state index >= 15 is 0 Å². The fourth-order valence-electron chi connectivity index (χ4n) is 0.787. The van der Waals surface area contributed by atoms with E-state index in [9.17, 15) is 4.79 Å². The molecule has 0 aromatic rings. The largest absolute Gasteiger partial charge is 0.478 e. The highest BCUT2D eigenvalue weighted by Gasteiger charge is 2.27. The highest BCUT2D eigenvalue weighted by molar-refractivity contribution is 6.69. The lowest BCUT2D eigenvalue weighted by atomic mass is 10.2. The lowest BCUT2D eigenvalue weighted by Crippen LogP contribution is -2.37. The summed E-state index contributed by atoms with van der Waals surface area (Å²) >= 11 is 0. The van der Waals surface area contributed by atoms with Crippen molar-refractivity contribution in [1.82, 2.24) is 0 Å². The topological polar surface area (TPSA) is 55.8 Å². The lowest BCUT2D eigenvalue weighted by molar-refractivity contribution is -0.132. The van der Waals surface area contributed by atoms with Crippen molar-refractivity contribution in [3.63, 3.8) is 0 Å². The van der Waals surface area contributed by atoms with E-state index in [-0.39, 0.29) is 0 Å². The van der Waals surface area contributed by atoms with Gasteiger partial charge in [-0.05, 0) is 19.9 Å². The standard InChI is InChI=1S/C9H17O4Si/c1-8(9(10)11)6-5-7-14(4,12-2)13-3/h6-7H,5H2,1-4H3,(H,10,11). The van der Waals surface area contributed by atoms with Gasteiger partial charge >= 0.3 is 14.5 Å². The van der Waals surface area contributed by atoms with Crippen LogP contribution < -0.4 is 0 Å². The zero-order valence-electron chi connectivity index (χ0n) is 9.03. The van der Waals surface area contributed by atoms with E-state index in [1.54, 1.807) is 27.2 Å². The summed E-state index contributed by atoms with van der Waals surface area (Å²) in [6.45, 7) is 3.46. The Morgan fingerprint density at radius 3 is 2.29 bits per heavy atom. The molecule has 14 heavy (non-hydrogen) atoms. The van der Waals surface area contributed by atoms with Crippen molar-refractivity contribution >= 4 is 14.5 Å². The lowest BCUT2D eigenvalue weighted by Gasteiger charge is -2.21. The van der Waals surface area contributed by atoms with Gasteiger partial charge in [-0.15, -0.1) is 0 Å². The van der Waals surface area contributed by atoms with Gasteiger partial charge in [0.15, 0.2) is 0 Å². The molecule has 0 heterocycles. The van der Waals surface area contributed by atoms with Crippen LogP contribution in [0.3, 0.4) is 0 Å². The van der Waals surface area contributed by atoms with Gasteiger partial charge in [0, 0.05) is 25.8 Å². The molecule has 0 rings (SSSR count). The van der Waals surface area contributed by atoms with Crippen molar-refractivity contribution in [1.29, 1.82) is 0 Å². The summed E-state index contributed by atoms with van der Waals surface area (Å²) in [6.07, 6.45) is 2.20. The Bertz CT molecular complexity index is 221. The smallest absolute Gasteiger partial charge is 0.338 e. The highest BCUT2D eigenvalue weighted by Crippen LogP contribution is 2.12. The van der Waals surface area contributed by atoms with Gasteiger partial charge in [0.05, 0.1) is 0 Å². The minimum atomic E-state index is -2.16. The van der Waals surface area contributed by atoms with Crippen molar-refractivity contribution < 1.29 is 18.8 Å². The summed E-state index contributed by atoms with van der Waals surface area (Å²) in [5, 5.41) is 8.59. The van der Waals surface area contributed by atoms with Crippen LogP contribution in [0.4, 0.5) is 0 Å². The zero-order valence-corrected chi connectivity index (χ0v) is 10.0. The van der Waals surface area contributed by atoms with Crippen LogP contribution in [0.25, 0.3) is 0 Å². The van der Waals surface area contributed by atoms with Crippen molar-refractivity contribution in [2.75, 3.05) is 14.2 Å². The van der Waals surface area contributed by atoms with Crippen molar-refractivity contribution in [3.05, 3.63) is 17.7 Å². The molecule has 0 spiro atoms. The highest BCUT2D eigenvalue weighted by atomic mass is 28.4. The van der Waals surface area contributed by atoms with E-state index in [2.05, 4.69) is 0 Å². The molecule has 0 unspecified atom stereocenters. The molecule has 5 heteroatoms. The minimum Gasteiger partial charge on any atom is -0.478 e. The normalized spacial score (nSPS) is 13.0. The number of aliphatic carboxylic acids is 1. The monoisotopic (exact) mass is 217 g/mol. The fraction of sp³-hybridized carbons (Fsp3) is 0.556. The number of carbonyl (C=O) groups is 1. The maximum atomic E-state index is 10.5. The maximum absolute atomic E-state index is 10.5. The van der Waals surface area contributed by atoms with Crippen LogP contribution in [0.5, 0.6) is 0 Å². The Labute approximate surface area is 85.8 Å². The van der Waals surface area contributed by atoms with Crippen LogP contribution in [-0.2, 0) is 13.6 Å². The number of carboxylic acid groups (broad SMARTS) is 1. The van der Waals surface area contributed by atoms with E-state index in [0.717, 1.165) is 0 Å². The Balaban J connectivity index is 4.06. The molecule has 0 aromatic heterocycles. The van der Waals surface area contributed by atoms with Crippen LogP contribution in [-0.4, -0.2) is 33.9 Å². The second-order valence-electron chi connectivity index (χ2n) is 3.06. The van der Waals surface area contributed by atoms with Crippen LogP contribution in [0, 0.1) is 6.04 Å². The first-order valence-electron chi connectivity index (χ1n) is 4.30. The molecule has 0 aliphatic carbocycles. The summed E-state index contributed by atoms with van der Waals surface area (Å²) in [5.41, 5.74) is 0.338. The molecule has 0 amide bonds. The molecule has 0 saturated heterocycles. The summed E-state index contributed by atoms with van der Waals surface area (Å²) in [5.74, 6) is -0.892. The number of hydrogen-bond donors (Lipinski definition) is 1. The molecule has 0 saturated carbocycles. The first-order valence-corrected chi connectivity index (χ1v) is 6.69. The zero-order chi connectivity index (χ0) is 11.2. The number of allylic oxidation sites excluding steroid dienone is 1. The average Bonchev–Trinajstić information content (AvgIpc) is 2.17. The van der Waals surface area contributed by atoms with Crippen LogP contribution in [0.15, 0.2) is 11.6 Å². The second kappa shape index (κ2) is 5.95. The molecule has 81 valence electrons. The van der Waals surface area contributed by atoms with Gasteiger partial charge in [-0.1, -0.05) is 6.08 Å². The molecular weight excluding hydrogens is 200 g/mol. The summed E-state index contributed by atoms with van der Waals surface area (Å²) in [6, 6.07) is 1.90. The average molecular weight is 217 g/mol. The van der Waals surface area contributed by atoms with Gasteiger partial charge in [0.2, 0.25) is 0 Å². The Hall–Kier alpha value is -0.653. The number of rotatable bonds is 6. The third kappa shape index (κ3) is 4.55. The SMILES string of the molecule is CO[Si](C)([CH]CC=C(C)C(=O)O)OC. The minimum absolute atomic E-state index is 0.338. The van der Waals surface area contributed by atoms with E-state index in [1.807, 2.05) is 12.6 Å². The molecule has 1 radical (unpaired) electrons. The van der Waals surface area contributed by atoms with Gasteiger partial charge in [-0.3, -0.25) is 0 Å². The second-order valence-corrected chi connectivity index (χ2v) is 6.31. The number of hydrogen-bond acceptors (Lipinski definition) is 3. The van der Waals surface area contributed by atoms with Crippen molar-refractivity contribution in [2.45, 2.75) is 19.9 Å². The van der Waals surface area contributed by atoms with Crippen molar-refractivity contribution in [3.8, 4) is 0 Å². The van der Waals surface area contributed by atoms with E-state index in [4.69, 9.17) is 14.0 Å². The summed E-state index contributed by atoms with van der Waals surface area (Å²) < 4.78 is 10.4. The third-order valence-corrected chi connectivity index (χ3v) is 4.66. The first kappa shape index (κ1) is 13.3. The molecule has 4 nitrogen and oxygen atoms in total. The Morgan fingerprint density at radius 1 is 1.43 bits per heavy atom. The van der Waals surface area contributed by atoms with Gasteiger partial charge in [0.25, 0.3) is 0 Å². The van der Waals surface area contributed by atoms with Crippen LogP contribution in [0.2, 0.25) is 6.55 Å². The van der Waals surface area contributed by atoms with E-state index in [0.29, 0.717) is 12.0 Å². The number of carboxylic acids is 1. The third-order valence-electron chi connectivity index (χ3n) is 2.06. The molecule has 0 aromatic carbocycles. The summed E-state index contributed by atoms with van der Waals surface area (Å²) in [7, 11) is 1.03. The van der Waals surface area contributed by atoms with Gasteiger partial charge in [0.1, 0.15) is 0 Å². The van der Waals surface area contributed by atoms with Crippen LogP contribution in [0.1, 0.15) is 13.3 Å². The Kier molecular flexibility index (Phi) is 5.67. The van der Waals surface area contributed by atoms with E-state index < -0.39 is 14.5 Å².